The summed E-state index contributed by atoms with van der Waals surface area (Å²) in [4.78, 5) is 13.5. The minimum atomic E-state index is -0.0557. The molecule has 0 spiro atoms. The molecule has 4 nitrogen and oxygen atoms in total. The van der Waals surface area contributed by atoms with Gasteiger partial charge >= 0.3 is 0 Å². The van der Waals surface area contributed by atoms with E-state index >= 15 is 0 Å². The third-order valence-corrected chi connectivity index (χ3v) is 5.61. The van der Waals surface area contributed by atoms with Crippen molar-refractivity contribution in [2.45, 2.75) is 39.0 Å². The fourth-order valence-electron chi connectivity index (χ4n) is 3.09. The van der Waals surface area contributed by atoms with Crippen LogP contribution < -0.4 is 10.1 Å². The average molecular weight is 354 g/mol. The molecule has 1 amide bonds. The van der Waals surface area contributed by atoms with E-state index in [1.54, 1.807) is 11.3 Å². The molecule has 0 saturated heterocycles. The van der Waals surface area contributed by atoms with Crippen LogP contribution in [0.1, 0.15) is 42.2 Å². The highest BCUT2D eigenvalue weighted by Gasteiger charge is 2.24. The first-order valence-electron chi connectivity index (χ1n) is 8.69. The number of hydrogen-bond acceptors (Lipinski definition) is 4. The molecule has 1 aromatic carbocycles. The van der Waals surface area contributed by atoms with Crippen molar-refractivity contribution < 1.29 is 9.53 Å². The van der Waals surface area contributed by atoms with Crippen LogP contribution >= 0.6 is 11.3 Å². The highest BCUT2D eigenvalue weighted by atomic mass is 32.1. The Balaban J connectivity index is 1.52. The van der Waals surface area contributed by atoms with Gasteiger partial charge in [0.05, 0.1) is 12.2 Å². The number of nitrogens with one attached hydrogen (secondary N) is 1. The molecule has 2 aromatic rings. The van der Waals surface area contributed by atoms with Crippen LogP contribution in [-0.4, -0.2) is 12.5 Å². The van der Waals surface area contributed by atoms with Gasteiger partial charge in [-0.15, -0.1) is 11.3 Å². The quantitative estimate of drug-likeness (QED) is 0.775. The van der Waals surface area contributed by atoms with E-state index in [9.17, 15) is 10.1 Å². The third kappa shape index (κ3) is 4.40. The zero-order valence-corrected chi connectivity index (χ0v) is 15.2. The lowest BCUT2D eigenvalue weighted by molar-refractivity contribution is -0.116. The predicted octanol–water partition coefficient (Wildman–Crippen LogP) is 4.54. The van der Waals surface area contributed by atoms with Gasteiger partial charge in [0.1, 0.15) is 16.8 Å². The molecule has 5 heteroatoms. The fraction of sp³-hybridized carbons (Fsp3) is 0.400. The molecule has 1 atom stereocenters. The molecule has 25 heavy (non-hydrogen) atoms. The van der Waals surface area contributed by atoms with E-state index < -0.39 is 0 Å². The summed E-state index contributed by atoms with van der Waals surface area (Å²) >= 11 is 1.57. The number of amides is 1. The smallest absolute Gasteiger partial charge is 0.225 e. The number of hydrogen-bond donors (Lipinski definition) is 1. The van der Waals surface area contributed by atoms with E-state index in [-0.39, 0.29) is 5.91 Å². The minimum Gasteiger partial charge on any atom is -0.494 e. The van der Waals surface area contributed by atoms with Crippen LogP contribution in [0.2, 0.25) is 0 Å². The van der Waals surface area contributed by atoms with E-state index in [4.69, 9.17) is 4.74 Å². The van der Waals surface area contributed by atoms with Crippen molar-refractivity contribution in [3.05, 3.63) is 46.3 Å². The second-order valence-electron chi connectivity index (χ2n) is 6.48. The van der Waals surface area contributed by atoms with Crippen molar-refractivity contribution in [2.75, 3.05) is 11.9 Å². The number of para-hydroxylation sites is 1. The summed E-state index contributed by atoms with van der Waals surface area (Å²) in [5.41, 5.74) is 1.81. The Bertz CT molecular complexity index is 777. The predicted molar refractivity (Wildman–Crippen MR) is 100 cm³/mol. The molecule has 1 aliphatic carbocycles. The summed E-state index contributed by atoms with van der Waals surface area (Å²) in [7, 11) is 0. The van der Waals surface area contributed by atoms with Crippen molar-refractivity contribution in [3.8, 4) is 11.8 Å². The maximum absolute atomic E-state index is 12.2. The van der Waals surface area contributed by atoms with Crippen LogP contribution in [0.5, 0.6) is 5.75 Å². The molecule has 0 saturated carbocycles. The van der Waals surface area contributed by atoms with Gasteiger partial charge in [-0.1, -0.05) is 25.1 Å². The molecule has 0 unspecified atom stereocenters. The first-order valence-corrected chi connectivity index (χ1v) is 9.51. The normalized spacial score (nSPS) is 15.9. The van der Waals surface area contributed by atoms with E-state index in [1.165, 1.54) is 4.88 Å². The first-order chi connectivity index (χ1) is 12.2. The number of nitriles is 1. The van der Waals surface area contributed by atoms with Crippen molar-refractivity contribution in [1.29, 1.82) is 5.26 Å². The maximum atomic E-state index is 12.2. The Morgan fingerprint density at radius 2 is 2.20 bits per heavy atom. The second kappa shape index (κ2) is 8.17. The van der Waals surface area contributed by atoms with Gasteiger partial charge in [-0.25, -0.2) is 0 Å². The summed E-state index contributed by atoms with van der Waals surface area (Å²) in [6.45, 7) is 2.74. The van der Waals surface area contributed by atoms with E-state index in [0.717, 1.165) is 35.6 Å². The van der Waals surface area contributed by atoms with E-state index in [1.807, 2.05) is 30.3 Å². The number of nitrogens with zero attached hydrogens (tertiary/aromatic N) is 1. The molecule has 1 heterocycles. The largest absolute Gasteiger partial charge is 0.494 e. The highest BCUT2D eigenvalue weighted by molar-refractivity contribution is 7.16. The highest BCUT2D eigenvalue weighted by Crippen LogP contribution is 2.39. The number of fused-ring (bicyclic) bond motifs is 1. The number of ether oxygens (including phenoxy) is 1. The number of carbonyl (C=O) groups excluding carboxylic acids is 1. The van der Waals surface area contributed by atoms with Gasteiger partial charge in [0.15, 0.2) is 0 Å². The molecule has 0 radical (unpaired) electrons. The summed E-state index contributed by atoms with van der Waals surface area (Å²) in [6, 6.07) is 11.9. The summed E-state index contributed by atoms with van der Waals surface area (Å²) < 4.78 is 5.60. The standard InChI is InChI=1S/C20H22N2O2S/c1-14-9-10-16-17(13-21)20(25-18(16)12-14)22-19(23)8-5-11-24-15-6-3-2-4-7-15/h2-4,6-7,14H,5,8-12H2,1H3,(H,22,23)/t14-/m1/s1. The zero-order valence-electron chi connectivity index (χ0n) is 14.4. The van der Waals surface area contributed by atoms with Gasteiger partial charge < -0.3 is 10.1 Å². The average Bonchev–Trinajstić information content (AvgIpc) is 2.95. The van der Waals surface area contributed by atoms with Crippen LogP contribution in [0.15, 0.2) is 30.3 Å². The lowest BCUT2D eigenvalue weighted by atomic mass is 9.89. The van der Waals surface area contributed by atoms with Gasteiger partial charge in [0.2, 0.25) is 5.91 Å². The lowest BCUT2D eigenvalue weighted by Crippen LogP contribution is -2.13. The van der Waals surface area contributed by atoms with E-state index in [0.29, 0.717) is 30.9 Å². The van der Waals surface area contributed by atoms with Crippen molar-refractivity contribution in [2.24, 2.45) is 5.92 Å². The monoisotopic (exact) mass is 354 g/mol. The molecule has 0 fully saturated rings. The van der Waals surface area contributed by atoms with Crippen molar-refractivity contribution in [1.82, 2.24) is 0 Å². The zero-order chi connectivity index (χ0) is 17.6. The molecule has 130 valence electrons. The van der Waals surface area contributed by atoms with Gasteiger partial charge in [0, 0.05) is 11.3 Å². The number of thiophene rings is 1. The Kier molecular flexibility index (Phi) is 5.72. The maximum Gasteiger partial charge on any atom is 0.225 e. The molecule has 0 aliphatic heterocycles. The molecule has 1 N–H and O–H groups in total. The molecule has 0 bridgehead atoms. The van der Waals surface area contributed by atoms with Crippen molar-refractivity contribution >= 4 is 22.2 Å². The van der Waals surface area contributed by atoms with E-state index in [2.05, 4.69) is 18.3 Å². The summed E-state index contributed by atoms with van der Waals surface area (Å²) in [6.07, 6.45) is 4.09. The molecule has 1 aromatic heterocycles. The Hall–Kier alpha value is -2.32. The first kappa shape index (κ1) is 17.5. The Morgan fingerprint density at radius 1 is 1.40 bits per heavy atom. The molecule has 3 rings (SSSR count). The van der Waals surface area contributed by atoms with Crippen LogP contribution in [0, 0.1) is 17.2 Å². The van der Waals surface area contributed by atoms with Crippen LogP contribution in [0.3, 0.4) is 0 Å². The molecule has 1 aliphatic rings. The number of carbonyl (C=O) groups is 1. The summed E-state index contributed by atoms with van der Waals surface area (Å²) in [5, 5.41) is 13.1. The van der Waals surface area contributed by atoms with Crippen LogP contribution in [0.4, 0.5) is 5.00 Å². The topological polar surface area (TPSA) is 62.1 Å². The third-order valence-electron chi connectivity index (χ3n) is 4.44. The summed E-state index contributed by atoms with van der Waals surface area (Å²) in [5.74, 6) is 1.41. The lowest BCUT2D eigenvalue weighted by Gasteiger charge is -2.17. The van der Waals surface area contributed by atoms with Crippen LogP contribution in [0.25, 0.3) is 0 Å². The SMILES string of the molecule is C[C@@H]1CCc2c(sc(NC(=O)CCCOc3ccccc3)c2C#N)C1. The van der Waals surface area contributed by atoms with Gasteiger partial charge in [0.25, 0.3) is 0 Å². The number of anilines is 1. The molecular weight excluding hydrogens is 332 g/mol. The minimum absolute atomic E-state index is 0.0557. The van der Waals surface area contributed by atoms with Crippen LogP contribution in [-0.2, 0) is 17.6 Å². The molecular formula is C20H22N2O2S. The number of benzene rings is 1. The number of rotatable bonds is 6. The van der Waals surface area contributed by atoms with Crippen molar-refractivity contribution in [3.63, 3.8) is 0 Å². The van der Waals surface area contributed by atoms with Gasteiger partial charge in [-0.2, -0.15) is 5.26 Å². The Labute approximate surface area is 152 Å². The van der Waals surface area contributed by atoms with Gasteiger partial charge in [-0.05, 0) is 49.3 Å². The second-order valence-corrected chi connectivity index (χ2v) is 7.59. The van der Waals surface area contributed by atoms with Gasteiger partial charge in [-0.3, -0.25) is 4.79 Å². The Morgan fingerprint density at radius 3 is 2.96 bits per heavy atom. The fourth-order valence-corrected chi connectivity index (χ4v) is 4.46.